The van der Waals surface area contributed by atoms with Crippen LogP contribution in [0.25, 0.3) is 0 Å². The molecule has 2 aliphatic carbocycles. The second-order valence-corrected chi connectivity index (χ2v) is 9.73. The van der Waals surface area contributed by atoms with Crippen LogP contribution in [0.4, 0.5) is 0 Å². The first kappa shape index (κ1) is 16.1. The highest BCUT2D eigenvalue weighted by Crippen LogP contribution is 2.49. The van der Waals surface area contributed by atoms with Crippen LogP contribution in [0.2, 0.25) is 0 Å². The number of nitrogens with one attached hydrogen (secondary N) is 1. The highest BCUT2D eigenvalue weighted by Gasteiger charge is 2.50. The zero-order chi connectivity index (χ0) is 16.8. The molecule has 0 bridgehead atoms. The summed E-state index contributed by atoms with van der Waals surface area (Å²) in [5.41, 5.74) is 2.18. The van der Waals surface area contributed by atoms with Crippen LogP contribution in [0.5, 0.6) is 0 Å². The fourth-order valence-electron chi connectivity index (χ4n) is 4.27. The monoisotopic (exact) mass is 345 g/mol. The van der Waals surface area contributed by atoms with Crippen LogP contribution in [0.3, 0.4) is 0 Å². The van der Waals surface area contributed by atoms with Gasteiger partial charge in [0.05, 0.1) is 16.9 Å². The molecule has 6 heteroatoms. The Hall–Kier alpha value is -1.42. The summed E-state index contributed by atoms with van der Waals surface area (Å²) in [5.74, 6) is 0. The number of nitriles is 1. The standard InChI is InChI=1S/C18H23N3O2S/c19-11-14-2-1-3-15(8-14)12-21-7-6-18(13-21)9-16(10-18)20-24(22,23)17-4-5-17/h1-3,8,16-17,20H,4-7,9-10,12-13H2. The number of rotatable bonds is 5. The van der Waals surface area contributed by atoms with Gasteiger partial charge in [0.25, 0.3) is 0 Å². The summed E-state index contributed by atoms with van der Waals surface area (Å²) in [6.45, 7) is 2.96. The first-order valence-electron chi connectivity index (χ1n) is 8.71. The molecule has 4 rings (SSSR count). The third-order valence-corrected chi connectivity index (χ3v) is 7.64. The van der Waals surface area contributed by atoms with Gasteiger partial charge in [0, 0.05) is 19.1 Å². The van der Waals surface area contributed by atoms with Gasteiger partial charge >= 0.3 is 0 Å². The normalized spacial score (nSPS) is 30.2. The molecule has 0 atom stereocenters. The highest BCUT2D eigenvalue weighted by atomic mass is 32.2. The van der Waals surface area contributed by atoms with E-state index >= 15 is 0 Å². The summed E-state index contributed by atoms with van der Waals surface area (Å²) < 4.78 is 26.9. The Labute approximate surface area is 143 Å². The average molecular weight is 345 g/mol. The molecular weight excluding hydrogens is 322 g/mol. The first-order valence-corrected chi connectivity index (χ1v) is 10.3. The van der Waals surface area contributed by atoms with Gasteiger partial charge in [-0.2, -0.15) is 5.26 Å². The lowest BCUT2D eigenvalue weighted by molar-refractivity contribution is 0.101. The molecule has 2 saturated carbocycles. The highest BCUT2D eigenvalue weighted by molar-refractivity contribution is 7.90. The number of hydrogen-bond donors (Lipinski definition) is 1. The Morgan fingerprint density at radius 3 is 2.83 bits per heavy atom. The predicted molar refractivity (Wildman–Crippen MR) is 91.6 cm³/mol. The van der Waals surface area contributed by atoms with Gasteiger partial charge in [0.15, 0.2) is 0 Å². The van der Waals surface area contributed by atoms with E-state index in [1.54, 1.807) is 0 Å². The fraction of sp³-hybridized carbons (Fsp3) is 0.611. The number of nitrogens with zero attached hydrogens (tertiary/aromatic N) is 2. The number of hydrogen-bond acceptors (Lipinski definition) is 4. The molecule has 128 valence electrons. The fourth-order valence-corrected chi connectivity index (χ4v) is 5.85. The van der Waals surface area contributed by atoms with Crippen molar-refractivity contribution in [2.24, 2.45) is 5.41 Å². The van der Waals surface area contributed by atoms with E-state index in [0.29, 0.717) is 11.0 Å². The zero-order valence-corrected chi connectivity index (χ0v) is 14.6. The molecule has 1 saturated heterocycles. The van der Waals surface area contributed by atoms with Gasteiger partial charge in [-0.05, 0) is 61.8 Å². The molecule has 0 unspecified atom stereocenters. The third kappa shape index (κ3) is 3.21. The van der Waals surface area contributed by atoms with E-state index in [1.165, 1.54) is 5.56 Å². The van der Waals surface area contributed by atoms with E-state index in [0.717, 1.165) is 51.7 Å². The average Bonchev–Trinajstić information content (AvgIpc) is 3.30. The van der Waals surface area contributed by atoms with Gasteiger partial charge in [-0.3, -0.25) is 4.90 Å². The van der Waals surface area contributed by atoms with E-state index < -0.39 is 10.0 Å². The van der Waals surface area contributed by atoms with Gasteiger partial charge in [0.2, 0.25) is 10.0 Å². The molecule has 3 aliphatic rings. The summed E-state index contributed by atoms with van der Waals surface area (Å²) in [6, 6.07) is 10.1. The van der Waals surface area contributed by atoms with E-state index in [2.05, 4.69) is 21.8 Å². The molecular formula is C18H23N3O2S. The zero-order valence-electron chi connectivity index (χ0n) is 13.7. The van der Waals surface area contributed by atoms with E-state index in [4.69, 9.17) is 5.26 Å². The molecule has 1 spiro atoms. The maximum atomic E-state index is 12.0. The van der Waals surface area contributed by atoms with Gasteiger partial charge in [-0.25, -0.2) is 13.1 Å². The minimum atomic E-state index is -3.06. The quantitative estimate of drug-likeness (QED) is 0.886. The third-order valence-electron chi connectivity index (χ3n) is 5.63. The van der Waals surface area contributed by atoms with Gasteiger partial charge < -0.3 is 0 Å². The maximum absolute atomic E-state index is 12.0. The van der Waals surface area contributed by atoms with E-state index in [-0.39, 0.29) is 11.3 Å². The Morgan fingerprint density at radius 1 is 1.33 bits per heavy atom. The Kier molecular flexibility index (Phi) is 3.91. The van der Waals surface area contributed by atoms with Crippen LogP contribution >= 0.6 is 0 Å². The van der Waals surface area contributed by atoms with Gasteiger partial charge in [-0.15, -0.1) is 0 Å². The lowest BCUT2D eigenvalue weighted by atomic mass is 9.65. The van der Waals surface area contributed by atoms with Crippen molar-refractivity contribution in [2.75, 3.05) is 13.1 Å². The van der Waals surface area contributed by atoms with Crippen LogP contribution in [-0.2, 0) is 16.6 Å². The van der Waals surface area contributed by atoms with Crippen molar-refractivity contribution in [1.29, 1.82) is 5.26 Å². The molecule has 0 amide bonds. The van der Waals surface area contributed by atoms with Crippen molar-refractivity contribution in [3.8, 4) is 6.07 Å². The van der Waals surface area contributed by atoms with Crippen molar-refractivity contribution in [2.45, 2.75) is 49.9 Å². The van der Waals surface area contributed by atoms with E-state index in [9.17, 15) is 8.42 Å². The molecule has 0 aromatic heterocycles. The number of sulfonamides is 1. The van der Waals surface area contributed by atoms with Gasteiger partial charge in [-0.1, -0.05) is 12.1 Å². The van der Waals surface area contributed by atoms with Crippen molar-refractivity contribution in [1.82, 2.24) is 9.62 Å². The first-order chi connectivity index (χ1) is 11.5. The minimum absolute atomic E-state index is 0.124. The van der Waals surface area contributed by atoms with Crippen molar-refractivity contribution in [3.63, 3.8) is 0 Å². The Morgan fingerprint density at radius 2 is 2.12 bits per heavy atom. The second-order valence-electron chi connectivity index (χ2n) is 7.74. The van der Waals surface area contributed by atoms with Crippen LogP contribution in [0.1, 0.15) is 43.2 Å². The van der Waals surface area contributed by atoms with Crippen molar-refractivity contribution in [3.05, 3.63) is 35.4 Å². The molecule has 0 radical (unpaired) electrons. The SMILES string of the molecule is N#Cc1cccc(CN2CCC3(CC(NS(=O)(=O)C4CC4)C3)C2)c1. The van der Waals surface area contributed by atoms with E-state index in [1.807, 2.05) is 18.2 Å². The summed E-state index contributed by atoms with van der Waals surface area (Å²) in [7, 11) is -3.06. The van der Waals surface area contributed by atoms with Crippen LogP contribution in [0.15, 0.2) is 24.3 Å². The molecule has 3 fully saturated rings. The molecule has 1 aromatic rings. The summed E-state index contributed by atoms with van der Waals surface area (Å²) in [4.78, 5) is 2.43. The lowest BCUT2D eigenvalue weighted by Crippen LogP contribution is -2.52. The Balaban J connectivity index is 1.30. The molecule has 1 heterocycles. The molecule has 24 heavy (non-hydrogen) atoms. The van der Waals surface area contributed by atoms with Crippen molar-refractivity contribution >= 4 is 10.0 Å². The summed E-state index contributed by atoms with van der Waals surface area (Å²) in [5, 5.41) is 8.88. The van der Waals surface area contributed by atoms with Crippen LogP contribution < -0.4 is 4.72 Å². The molecule has 1 aliphatic heterocycles. The van der Waals surface area contributed by atoms with Gasteiger partial charge in [0.1, 0.15) is 0 Å². The number of benzene rings is 1. The molecule has 5 nitrogen and oxygen atoms in total. The van der Waals surface area contributed by atoms with Crippen molar-refractivity contribution < 1.29 is 8.42 Å². The Bertz CT molecular complexity index is 774. The predicted octanol–water partition coefficient (Wildman–Crippen LogP) is 1.99. The molecule has 1 aromatic carbocycles. The molecule has 1 N–H and O–H groups in total. The van der Waals surface area contributed by atoms with Crippen LogP contribution in [0, 0.1) is 16.7 Å². The maximum Gasteiger partial charge on any atom is 0.214 e. The summed E-state index contributed by atoms with van der Waals surface area (Å²) in [6.07, 6.45) is 4.72. The smallest absolute Gasteiger partial charge is 0.214 e. The second kappa shape index (κ2) is 5.83. The van der Waals surface area contributed by atoms with Crippen LogP contribution in [-0.4, -0.2) is 37.7 Å². The number of likely N-dealkylation sites (tertiary alicyclic amines) is 1. The lowest BCUT2D eigenvalue weighted by Gasteiger charge is -2.45. The summed E-state index contributed by atoms with van der Waals surface area (Å²) >= 11 is 0. The minimum Gasteiger partial charge on any atom is -0.299 e. The largest absolute Gasteiger partial charge is 0.299 e. The topological polar surface area (TPSA) is 73.2 Å².